The third-order valence-corrected chi connectivity index (χ3v) is 6.91. The lowest BCUT2D eigenvalue weighted by Gasteiger charge is -2.54. The Labute approximate surface area is 165 Å². The molecule has 1 aromatic rings. The second-order valence-electron chi connectivity index (χ2n) is 9.25. The summed E-state index contributed by atoms with van der Waals surface area (Å²) in [5, 5.41) is 0. The minimum atomic E-state index is -0.408. The first-order valence-corrected chi connectivity index (χ1v) is 10.6. The fourth-order valence-corrected chi connectivity index (χ4v) is 5.41. The second-order valence-corrected chi connectivity index (χ2v) is 10.1. The van der Waals surface area contributed by atoms with Gasteiger partial charge in [0.25, 0.3) is 0 Å². The zero-order valence-corrected chi connectivity index (χ0v) is 17.6. The molecule has 1 spiro atoms. The van der Waals surface area contributed by atoms with E-state index < -0.39 is 5.60 Å². The number of carbonyl (C=O) groups is 1. The number of rotatable bonds is 1. The van der Waals surface area contributed by atoms with Crippen molar-refractivity contribution in [1.82, 2.24) is 4.90 Å². The van der Waals surface area contributed by atoms with Crippen LogP contribution in [0, 0.1) is 5.41 Å². The lowest BCUT2D eigenvalue weighted by atomic mass is 9.67. The fourth-order valence-electron chi connectivity index (χ4n) is 4.86. The number of fused-ring (bicyclic) bond motifs is 1. The van der Waals surface area contributed by atoms with Crippen molar-refractivity contribution in [3.63, 3.8) is 0 Å². The van der Waals surface area contributed by atoms with Crippen LogP contribution in [0.1, 0.15) is 52.0 Å². The van der Waals surface area contributed by atoms with Gasteiger partial charge in [0.1, 0.15) is 5.60 Å². The van der Waals surface area contributed by atoms with Gasteiger partial charge in [-0.25, -0.2) is 4.79 Å². The highest BCUT2D eigenvalue weighted by Gasteiger charge is 2.48. The zero-order chi connectivity index (χ0) is 18.5. The smallest absolute Gasteiger partial charge is 0.410 e. The van der Waals surface area contributed by atoms with Gasteiger partial charge in [-0.15, -0.1) is 0 Å². The van der Waals surface area contributed by atoms with E-state index in [-0.39, 0.29) is 6.09 Å². The largest absolute Gasteiger partial charge is 0.444 e. The Morgan fingerprint density at radius 2 is 1.92 bits per heavy atom. The molecule has 1 aliphatic carbocycles. The van der Waals surface area contributed by atoms with Crippen molar-refractivity contribution in [2.45, 2.75) is 64.5 Å². The molecule has 1 saturated heterocycles. The van der Waals surface area contributed by atoms with Crippen LogP contribution in [0.25, 0.3) is 0 Å². The Kier molecular flexibility index (Phi) is 4.49. The summed E-state index contributed by atoms with van der Waals surface area (Å²) in [5.74, 6) is 0. The van der Waals surface area contributed by atoms with Gasteiger partial charge in [0, 0.05) is 41.3 Å². The van der Waals surface area contributed by atoms with Gasteiger partial charge < -0.3 is 14.5 Å². The molecular formula is C21H29BrN2O2. The van der Waals surface area contributed by atoms with Gasteiger partial charge in [-0.2, -0.15) is 0 Å². The van der Waals surface area contributed by atoms with Gasteiger partial charge in [0.15, 0.2) is 0 Å². The summed E-state index contributed by atoms with van der Waals surface area (Å²) in [6.45, 7) is 8.67. The van der Waals surface area contributed by atoms with Gasteiger partial charge in [-0.05, 0) is 70.6 Å². The Morgan fingerprint density at radius 3 is 2.58 bits per heavy atom. The minimum Gasteiger partial charge on any atom is -0.444 e. The molecule has 0 aromatic heterocycles. The van der Waals surface area contributed by atoms with Gasteiger partial charge in [-0.3, -0.25) is 0 Å². The summed E-state index contributed by atoms with van der Waals surface area (Å²) in [5.41, 5.74) is 2.82. The molecule has 1 aromatic carbocycles. The highest BCUT2D eigenvalue weighted by Crippen LogP contribution is 2.47. The molecule has 3 aliphatic rings. The zero-order valence-electron chi connectivity index (χ0n) is 16.1. The van der Waals surface area contributed by atoms with E-state index in [9.17, 15) is 4.79 Å². The predicted molar refractivity (Wildman–Crippen MR) is 108 cm³/mol. The number of carbonyl (C=O) groups excluding carboxylic acids is 1. The lowest BCUT2D eigenvalue weighted by Crippen LogP contribution is -2.61. The van der Waals surface area contributed by atoms with Gasteiger partial charge in [0.05, 0.1) is 0 Å². The molecule has 2 heterocycles. The van der Waals surface area contributed by atoms with Crippen molar-refractivity contribution in [2.24, 2.45) is 5.41 Å². The molecule has 4 rings (SSSR count). The van der Waals surface area contributed by atoms with Crippen molar-refractivity contribution in [1.29, 1.82) is 0 Å². The van der Waals surface area contributed by atoms with Crippen LogP contribution in [0.5, 0.6) is 0 Å². The Hall–Kier alpha value is -1.23. The maximum absolute atomic E-state index is 12.2. The van der Waals surface area contributed by atoms with Gasteiger partial charge in [-0.1, -0.05) is 22.0 Å². The highest BCUT2D eigenvalue weighted by molar-refractivity contribution is 9.10. The third-order valence-electron chi connectivity index (χ3n) is 6.17. The molecular weight excluding hydrogens is 392 g/mol. The third kappa shape index (κ3) is 3.35. The average molecular weight is 421 g/mol. The summed E-state index contributed by atoms with van der Waals surface area (Å²) < 4.78 is 6.75. The number of benzene rings is 1. The second kappa shape index (κ2) is 6.43. The Bertz CT molecular complexity index is 696. The van der Waals surface area contributed by atoms with E-state index in [2.05, 4.69) is 39.0 Å². The number of likely N-dealkylation sites (tertiary alicyclic amines) is 1. The first kappa shape index (κ1) is 18.1. The van der Waals surface area contributed by atoms with Crippen molar-refractivity contribution < 1.29 is 9.53 Å². The van der Waals surface area contributed by atoms with Crippen LogP contribution in [0.3, 0.4) is 0 Å². The molecule has 5 heteroatoms. The number of halogens is 1. The number of amides is 1. The van der Waals surface area contributed by atoms with Gasteiger partial charge in [0.2, 0.25) is 0 Å². The number of hydrogen-bond acceptors (Lipinski definition) is 3. The molecule has 0 atom stereocenters. The SMILES string of the molecule is CC(C)(C)OC(=O)N1CC2(CCC(N3CCc4c(Br)cccc43)CC2)C1. The van der Waals surface area contributed by atoms with E-state index in [4.69, 9.17) is 4.74 Å². The summed E-state index contributed by atoms with van der Waals surface area (Å²) in [6.07, 6.45) is 5.89. The van der Waals surface area contributed by atoms with E-state index in [1.165, 1.54) is 41.4 Å². The first-order chi connectivity index (χ1) is 12.3. The molecule has 26 heavy (non-hydrogen) atoms. The van der Waals surface area contributed by atoms with Crippen LogP contribution in [-0.2, 0) is 11.2 Å². The van der Waals surface area contributed by atoms with E-state index in [1.54, 1.807) is 0 Å². The molecule has 0 N–H and O–H groups in total. The van der Waals surface area contributed by atoms with Crippen molar-refractivity contribution in [2.75, 3.05) is 24.5 Å². The maximum atomic E-state index is 12.2. The Morgan fingerprint density at radius 1 is 1.23 bits per heavy atom. The molecule has 2 fully saturated rings. The molecule has 0 bridgehead atoms. The van der Waals surface area contributed by atoms with Crippen molar-refractivity contribution in [3.8, 4) is 0 Å². The van der Waals surface area contributed by atoms with Crippen LogP contribution in [0.2, 0.25) is 0 Å². The maximum Gasteiger partial charge on any atom is 0.410 e. The Balaban J connectivity index is 1.33. The first-order valence-electron chi connectivity index (χ1n) is 9.78. The predicted octanol–water partition coefficient (Wildman–Crippen LogP) is 4.99. The molecule has 0 radical (unpaired) electrons. The summed E-state index contributed by atoms with van der Waals surface area (Å²) in [4.78, 5) is 16.7. The fraction of sp³-hybridized carbons (Fsp3) is 0.667. The number of nitrogens with zero attached hydrogens (tertiary/aromatic N) is 2. The number of hydrogen-bond donors (Lipinski definition) is 0. The average Bonchev–Trinajstić information content (AvgIpc) is 2.96. The monoisotopic (exact) mass is 420 g/mol. The molecule has 1 saturated carbocycles. The molecule has 1 amide bonds. The standard InChI is InChI=1S/C21H29BrN2O2/c1-20(2,3)26-19(25)23-13-21(14-23)10-7-15(8-11-21)24-12-9-16-17(22)5-4-6-18(16)24/h4-6,15H,7-14H2,1-3H3. The summed E-state index contributed by atoms with van der Waals surface area (Å²) in [7, 11) is 0. The summed E-state index contributed by atoms with van der Waals surface area (Å²) >= 11 is 3.70. The molecule has 2 aliphatic heterocycles. The van der Waals surface area contributed by atoms with E-state index in [0.717, 1.165) is 26.1 Å². The van der Waals surface area contributed by atoms with E-state index in [0.29, 0.717) is 11.5 Å². The lowest BCUT2D eigenvalue weighted by molar-refractivity contribution is -0.0505. The van der Waals surface area contributed by atoms with Crippen molar-refractivity contribution >= 4 is 27.7 Å². The van der Waals surface area contributed by atoms with Crippen LogP contribution in [-0.4, -0.2) is 42.3 Å². The minimum absolute atomic E-state index is 0.149. The quantitative estimate of drug-likeness (QED) is 0.641. The molecule has 142 valence electrons. The van der Waals surface area contributed by atoms with Gasteiger partial charge >= 0.3 is 6.09 Å². The number of ether oxygens (including phenoxy) is 1. The molecule has 0 unspecified atom stereocenters. The van der Waals surface area contributed by atoms with Crippen LogP contribution in [0.15, 0.2) is 22.7 Å². The summed E-state index contributed by atoms with van der Waals surface area (Å²) in [6, 6.07) is 7.21. The van der Waals surface area contributed by atoms with E-state index >= 15 is 0 Å². The van der Waals surface area contributed by atoms with Crippen LogP contribution >= 0.6 is 15.9 Å². The van der Waals surface area contributed by atoms with Crippen molar-refractivity contribution in [3.05, 3.63) is 28.2 Å². The number of anilines is 1. The molecule has 4 nitrogen and oxygen atoms in total. The van der Waals surface area contributed by atoms with Crippen LogP contribution in [0.4, 0.5) is 10.5 Å². The highest BCUT2D eigenvalue weighted by atomic mass is 79.9. The van der Waals surface area contributed by atoms with E-state index in [1.807, 2.05) is 25.7 Å². The normalized spacial score (nSPS) is 22.3. The van der Waals surface area contributed by atoms with Crippen LogP contribution < -0.4 is 4.90 Å². The topological polar surface area (TPSA) is 32.8 Å².